The summed E-state index contributed by atoms with van der Waals surface area (Å²) in [6.07, 6.45) is 5.51. The van der Waals surface area contributed by atoms with Crippen LogP contribution in [0.4, 0.5) is 0 Å². The maximum Gasteiger partial charge on any atom is 0.158 e. The van der Waals surface area contributed by atoms with Gasteiger partial charge < -0.3 is 5.73 Å². The summed E-state index contributed by atoms with van der Waals surface area (Å²) in [4.78, 5) is 2.13. The van der Waals surface area contributed by atoms with Crippen molar-refractivity contribution in [1.29, 1.82) is 5.26 Å². The van der Waals surface area contributed by atoms with Crippen molar-refractivity contribution in [2.24, 2.45) is 5.73 Å². The molecule has 1 aliphatic rings. The minimum Gasteiger partial charge on any atom is -0.301 e. The lowest BCUT2D eigenvalue weighted by molar-refractivity contribution is 0.194. The highest BCUT2D eigenvalue weighted by Crippen LogP contribution is 2.23. The van der Waals surface area contributed by atoms with Crippen LogP contribution in [-0.4, -0.2) is 23.7 Å². The number of nitrogens with zero attached hydrogens (tertiary/aromatic N) is 2. The molecule has 1 heterocycles. The van der Waals surface area contributed by atoms with E-state index in [1.165, 1.54) is 12.8 Å². The van der Waals surface area contributed by atoms with Crippen molar-refractivity contribution in [3.63, 3.8) is 0 Å². The quantitative estimate of drug-likeness (QED) is 0.668. The van der Waals surface area contributed by atoms with Gasteiger partial charge in [-0.05, 0) is 19.3 Å². The molecule has 2 N–H and O–H groups in total. The van der Waals surface area contributed by atoms with E-state index in [1.54, 1.807) is 0 Å². The fourth-order valence-corrected chi connectivity index (χ4v) is 1.89. The van der Waals surface area contributed by atoms with Gasteiger partial charge in [0.05, 0.1) is 0 Å². The molecule has 0 spiro atoms. The Bertz CT molecular complexity index is 197. The molecule has 0 aliphatic carbocycles. The lowest BCUT2D eigenvalue weighted by atomic mass is 10.1. The number of hydrogen-bond acceptors (Lipinski definition) is 3. The summed E-state index contributed by atoms with van der Waals surface area (Å²) in [5, 5.41) is 8.94. The zero-order valence-electron chi connectivity index (χ0n) is 8.42. The molecule has 0 bridgehead atoms. The van der Waals surface area contributed by atoms with E-state index < -0.39 is 5.66 Å². The zero-order valence-corrected chi connectivity index (χ0v) is 8.42. The van der Waals surface area contributed by atoms with Gasteiger partial charge in [-0.15, -0.1) is 0 Å². The summed E-state index contributed by atoms with van der Waals surface area (Å²) in [5.74, 6) is 0. The third kappa shape index (κ3) is 2.43. The Hall–Kier alpha value is -0.590. The topological polar surface area (TPSA) is 53.0 Å². The van der Waals surface area contributed by atoms with Gasteiger partial charge in [0.15, 0.2) is 5.66 Å². The Morgan fingerprint density at radius 1 is 1.54 bits per heavy atom. The van der Waals surface area contributed by atoms with E-state index in [0.717, 1.165) is 32.4 Å². The van der Waals surface area contributed by atoms with E-state index in [-0.39, 0.29) is 0 Å². The minimum absolute atomic E-state index is 0.659. The number of unbranched alkanes of at least 4 members (excludes halogenated alkanes) is 2. The van der Waals surface area contributed by atoms with Crippen molar-refractivity contribution in [3.05, 3.63) is 0 Å². The molecule has 0 saturated carbocycles. The number of rotatable bonds is 4. The Morgan fingerprint density at radius 3 is 2.92 bits per heavy atom. The molecule has 0 aromatic carbocycles. The van der Waals surface area contributed by atoms with E-state index in [9.17, 15) is 0 Å². The molecule has 0 aromatic heterocycles. The monoisotopic (exact) mass is 181 g/mol. The SMILES string of the molecule is CCCCCN1CCCC1(N)C#N. The fraction of sp³-hybridized carbons (Fsp3) is 0.900. The predicted octanol–water partition coefficient (Wildman–Crippen LogP) is 1.45. The molecule has 1 fully saturated rings. The average Bonchev–Trinajstić information content (AvgIpc) is 2.50. The molecule has 1 unspecified atom stereocenters. The maximum absolute atomic E-state index is 8.94. The number of nitriles is 1. The predicted molar refractivity (Wildman–Crippen MR) is 52.9 cm³/mol. The first-order valence-corrected chi connectivity index (χ1v) is 5.18. The standard InChI is InChI=1S/C10H19N3/c1-2-3-4-7-13-8-5-6-10(13,12)9-11/h2-8,12H2,1H3. The van der Waals surface area contributed by atoms with Crippen LogP contribution in [-0.2, 0) is 0 Å². The van der Waals surface area contributed by atoms with Crippen LogP contribution in [0.2, 0.25) is 0 Å². The van der Waals surface area contributed by atoms with Gasteiger partial charge in [0.2, 0.25) is 0 Å². The first-order valence-electron chi connectivity index (χ1n) is 5.18. The second kappa shape index (κ2) is 4.59. The van der Waals surface area contributed by atoms with Crippen molar-refractivity contribution >= 4 is 0 Å². The highest BCUT2D eigenvalue weighted by atomic mass is 15.3. The molecule has 3 heteroatoms. The first kappa shape index (κ1) is 10.5. The first-order chi connectivity index (χ1) is 6.23. The Labute approximate surface area is 80.5 Å². The van der Waals surface area contributed by atoms with E-state index in [4.69, 9.17) is 11.0 Å². The van der Waals surface area contributed by atoms with Gasteiger partial charge in [0, 0.05) is 13.1 Å². The molecular weight excluding hydrogens is 162 g/mol. The Morgan fingerprint density at radius 2 is 2.31 bits per heavy atom. The van der Waals surface area contributed by atoms with Gasteiger partial charge in [-0.1, -0.05) is 19.8 Å². The second-order valence-corrected chi connectivity index (χ2v) is 3.83. The lowest BCUT2D eigenvalue weighted by Gasteiger charge is -2.28. The van der Waals surface area contributed by atoms with E-state index in [2.05, 4.69) is 17.9 Å². The number of hydrogen-bond donors (Lipinski definition) is 1. The molecule has 0 aromatic rings. The summed E-state index contributed by atoms with van der Waals surface area (Å²) in [6, 6.07) is 2.22. The van der Waals surface area contributed by atoms with Crippen molar-refractivity contribution in [2.75, 3.05) is 13.1 Å². The van der Waals surface area contributed by atoms with E-state index in [1.807, 2.05) is 0 Å². The van der Waals surface area contributed by atoms with Crippen LogP contribution in [0.25, 0.3) is 0 Å². The molecule has 74 valence electrons. The molecule has 1 saturated heterocycles. The third-order valence-electron chi connectivity index (χ3n) is 2.78. The van der Waals surface area contributed by atoms with Crippen LogP contribution in [0, 0.1) is 11.3 Å². The zero-order chi connectivity index (χ0) is 9.73. The van der Waals surface area contributed by atoms with Crippen LogP contribution in [0.15, 0.2) is 0 Å². The van der Waals surface area contributed by atoms with Crippen LogP contribution in [0.1, 0.15) is 39.0 Å². The smallest absolute Gasteiger partial charge is 0.158 e. The molecular formula is C10H19N3. The molecule has 1 rings (SSSR count). The minimum atomic E-state index is -0.659. The highest BCUT2D eigenvalue weighted by Gasteiger charge is 2.36. The highest BCUT2D eigenvalue weighted by molar-refractivity contribution is 5.07. The van der Waals surface area contributed by atoms with Crippen molar-refractivity contribution in [2.45, 2.75) is 44.7 Å². The van der Waals surface area contributed by atoms with Gasteiger partial charge in [0.1, 0.15) is 6.07 Å². The molecule has 0 radical (unpaired) electrons. The molecule has 13 heavy (non-hydrogen) atoms. The molecule has 1 aliphatic heterocycles. The lowest BCUT2D eigenvalue weighted by Crippen LogP contribution is -2.50. The fourth-order valence-electron chi connectivity index (χ4n) is 1.89. The summed E-state index contributed by atoms with van der Waals surface area (Å²) in [5.41, 5.74) is 5.29. The van der Waals surface area contributed by atoms with Crippen LogP contribution < -0.4 is 5.73 Å². The van der Waals surface area contributed by atoms with Gasteiger partial charge in [-0.2, -0.15) is 5.26 Å². The largest absolute Gasteiger partial charge is 0.301 e. The Kier molecular flexibility index (Phi) is 3.71. The average molecular weight is 181 g/mol. The van der Waals surface area contributed by atoms with Gasteiger partial charge in [0.25, 0.3) is 0 Å². The summed E-state index contributed by atoms with van der Waals surface area (Å²) in [6.45, 7) is 4.16. The second-order valence-electron chi connectivity index (χ2n) is 3.83. The van der Waals surface area contributed by atoms with Gasteiger partial charge in [-0.3, -0.25) is 4.90 Å². The van der Waals surface area contributed by atoms with Crippen molar-refractivity contribution in [1.82, 2.24) is 4.90 Å². The summed E-state index contributed by atoms with van der Waals surface area (Å²) in [7, 11) is 0. The maximum atomic E-state index is 8.94. The van der Waals surface area contributed by atoms with Crippen molar-refractivity contribution in [3.8, 4) is 6.07 Å². The van der Waals surface area contributed by atoms with Crippen LogP contribution in [0.5, 0.6) is 0 Å². The van der Waals surface area contributed by atoms with Crippen molar-refractivity contribution < 1.29 is 0 Å². The van der Waals surface area contributed by atoms with Crippen LogP contribution in [0.3, 0.4) is 0 Å². The summed E-state index contributed by atoms with van der Waals surface area (Å²) >= 11 is 0. The Balaban J connectivity index is 2.37. The third-order valence-corrected chi connectivity index (χ3v) is 2.78. The van der Waals surface area contributed by atoms with Crippen LogP contribution >= 0.6 is 0 Å². The van der Waals surface area contributed by atoms with E-state index >= 15 is 0 Å². The van der Waals surface area contributed by atoms with Gasteiger partial charge in [-0.25, -0.2) is 0 Å². The number of nitrogens with two attached hydrogens (primary N) is 1. The van der Waals surface area contributed by atoms with Gasteiger partial charge >= 0.3 is 0 Å². The molecule has 0 amide bonds. The molecule has 3 nitrogen and oxygen atoms in total. The number of likely N-dealkylation sites (tertiary alicyclic amines) is 1. The molecule has 1 atom stereocenters. The summed E-state index contributed by atoms with van der Waals surface area (Å²) < 4.78 is 0. The van der Waals surface area contributed by atoms with E-state index in [0.29, 0.717) is 0 Å². The normalized spacial score (nSPS) is 29.0.